The minimum Gasteiger partial charge on any atom is -0.481 e. The molecule has 1 unspecified atom stereocenters. The van der Waals surface area contributed by atoms with Crippen LogP contribution in [0.15, 0.2) is 12.5 Å². The molecule has 27 heavy (non-hydrogen) atoms. The monoisotopic (exact) mass is 386 g/mol. The molecule has 0 aliphatic heterocycles. The van der Waals surface area contributed by atoms with Crippen molar-refractivity contribution < 1.29 is 39.6 Å². The van der Waals surface area contributed by atoms with Crippen LogP contribution in [0, 0.1) is 0 Å². The number of nitrogens with zero attached hydrogens (tertiary/aromatic N) is 1. The Morgan fingerprint density at radius 3 is 2.04 bits per heavy atom. The van der Waals surface area contributed by atoms with Gasteiger partial charge >= 0.3 is 23.9 Å². The predicted molar refractivity (Wildman–Crippen MR) is 89.2 cm³/mol. The minimum atomic E-state index is -1.36. The lowest BCUT2D eigenvalue weighted by Gasteiger charge is -2.21. The largest absolute Gasteiger partial charge is 0.481 e. The first-order valence-corrected chi connectivity index (χ1v) is 8.07. The van der Waals surface area contributed by atoms with Crippen molar-refractivity contribution in [1.29, 1.82) is 0 Å². The normalized spacial score (nSPS) is 14.2. The molecule has 0 saturated heterocycles. The Morgan fingerprint density at radius 2 is 1.56 bits per heavy atom. The van der Waals surface area contributed by atoms with E-state index in [1.165, 1.54) is 12.5 Å². The van der Waals surface area contributed by atoms with Gasteiger partial charge < -0.3 is 30.7 Å². The fourth-order valence-electron chi connectivity index (χ4n) is 2.33. The number of aromatic nitrogens is 2. The van der Waals surface area contributed by atoms with Crippen LogP contribution in [0.4, 0.5) is 0 Å². The summed E-state index contributed by atoms with van der Waals surface area (Å²) in [5, 5.41) is 41.3. The number of aliphatic carboxylic acids is 4. The maximum Gasteiger partial charge on any atom is 0.321 e. The average Bonchev–Trinajstić information content (AvgIpc) is 3.07. The van der Waals surface area contributed by atoms with Crippen LogP contribution in [-0.2, 0) is 25.6 Å². The van der Waals surface area contributed by atoms with Crippen molar-refractivity contribution in [2.75, 3.05) is 6.54 Å². The molecule has 12 heteroatoms. The summed E-state index contributed by atoms with van der Waals surface area (Å²) >= 11 is 0. The molecule has 0 aliphatic carbocycles. The van der Waals surface area contributed by atoms with E-state index in [9.17, 15) is 29.4 Å². The van der Waals surface area contributed by atoms with Gasteiger partial charge in [0.15, 0.2) is 0 Å². The number of hydrogen-bond donors (Lipinski definition) is 7. The maximum atomic E-state index is 11.3. The second-order valence-corrected chi connectivity index (χ2v) is 5.80. The smallest absolute Gasteiger partial charge is 0.321 e. The molecule has 1 aromatic heterocycles. The van der Waals surface area contributed by atoms with Crippen LogP contribution in [0.5, 0.6) is 0 Å². The lowest BCUT2D eigenvalue weighted by atomic mass is 10.1. The van der Waals surface area contributed by atoms with E-state index in [1.54, 1.807) is 0 Å². The van der Waals surface area contributed by atoms with Gasteiger partial charge in [0.1, 0.15) is 18.1 Å². The highest BCUT2D eigenvalue weighted by molar-refractivity contribution is 5.78. The fraction of sp³-hybridized carbons (Fsp3) is 0.533. The van der Waals surface area contributed by atoms with Crippen molar-refractivity contribution in [2.45, 2.75) is 43.8 Å². The van der Waals surface area contributed by atoms with Crippen molar-refractivity contribution in [1.82, 2.24) is 20.6 Å². The Labute approximate surface area is 153 Å². The summed E-state index contributed by atoms with van der Waals surface area (Å²) in [6.07, 6.45) is 2.18. The molecule has 150 valence electrons. The lowest BCUT2D eigenvalue weighted by molar-refractivity contribution is -0.143. The van der Waals surface area contributed by atoms with Crippen LogP contribution in [0.1, 0.15) is 25.0 Å². The molecular formula is C15H22N4O8. The van der Waals surface area contributed by atoms with Crippen LogP contribution in [0.25, 0.3) is 0 Å². The van der Waals surface area contributed by atoms with Gasteiger partial charge in [0.2, 0.25) is 0 Å². The number of imidazole rings is 1. The van der Waals surface area contributed by atoms with E-state index in [-0.39, 0.29) is 25.8 Å². The topological polar surface area (TPSA) is 202 Å². The Balaban J connectivity index is 2.59. The molecular weight excluding hydrogens is 364 g/mol. The zero-order valence-electron chi connectivity index (χ0n) is 14.3. The molecule has 0 bridgehead atoms. The Bertz CT molecular complexity index is 648. The van der Waals surface area contributed by atoms with Gasteiger partial charge in [-0.2, -0.15) is 0 Å². The number of hydrogen-bond acceptors (Lipinski definition) is 7. The summed E-state index contributed by atoms with van der Waals surface area (Å²) < 4.78 is 0. The predicted octanol–water partition coefficient (Wildman–Crippen LogP) is -1.25. The van der Waals surface area contributed by atoms with Gasteiger partial charge in [-0.05, 0) is 19.4 Å². The van der Waals surface area contributed by atoms with E-state index >= 15 is 0 Å². The Morgan fingerprint density at radius 1 is 0.963 bits per heavy atom. The summed E-state index contributed by atoms with van der Waals surface area (Å²) in [6, 6.07) is -3.61. The molecule has 0 saturated carbocycles. The highest BCUT2D eigenvalue weighted by Gasteiger charge is 2.27. The third kappa shape index (κ3) is 8.29. The van der Waals surface area contributed by atoms with Gasteiger partial charge in [0, 0.05) is 24.7 Å². The average molecular weight is 386 g/mol. The summed E-state index contributed by atoms with van der Waals surface area (Å²) in [5.41, 5.74) is 0.586. The summed E-state index contributed by atoms with van der Waals surface area (Å²) in [4.78, 5) is 50.9. The third-order valence-corrected chi connectivity index (χ3v) is 3.75. The number of carboxylic acids is 4. The van der Waals surface area contributed by atoms with Crippen LogP contribution < -0.4 is 10.6 Å². The van der Waals surface area contributed by atoms with E-state index in [1.807, 2.05) is 0 Å². The summed E-state index contributed by atoms with van der Waals surface area (Å²) in [7, 11) is 0. The van der Waals surface area contributed by atoms with Crippen molar-refractivity contribution in [3.05, 3.63) is 18.2 Å². The molecule has 0 radical (unpaired) electrons. The molecule has 0 aromatic carbocycles. The van der Waals surface area contributed by atoms with Gasteiger partial charge in [0.25, 0.3) is 0 Å². The van der Waals surface area contributed by atoms with Gasteiger partial charge in [-0.25, -0.2) is 4.98 Å². The summed E-state index contributed by atoms with van der Waals surface area (Å²) in [5.74, 6) is -5.01. The quantitative estimate of drug-likeness (QED) is 0.201. The number of aromatic amines is 1. The highest BCUT2D eigenvalue weighted by atomic mass is 16.4. The SMILES string of the molecule is O=C(O)CCC(N[C@@H](CCN[C@@H](Cc1cnc[nH]1)C(=O)O)C(=O)O)C(=O)O. The van der Waals surface area contributed by atoms with Gasteiger partial charge in [0.05, 0.1) is 6.33 Å². The molecule has 1 aromatic rings. The number of rotatable bonds is 14. The molecule has 7 N–H and O–H groups in total. The molecule has 0 amide bonds. The first kappa shape index (κ1) is 22.1. The van der Waals surface area contributed by atoms with Crippen LogP contribution in [0.2, 0.25) is 0 Å². The van der Waals surface area contributed by atoms with Crippen LogP contribution in [0.3, 0.4) is 0 Å². The zero-order valence-corrected chi connectivity index (χ0v) is 14.3. The molecule has 0 aliphatic rings. The lowest BCUT2D eigenvalue weighted by Crippen LogP contribution is -2.49. The van der Waals surface area contributed by atoms with Crippen LogP contribution >= 0.6 is 0 Å². The van der Waals surface area contributed by atoms with E-state index in [0.29, 0.717) is 5.69 Å². The van der Waals surface area contributed by atoms with Gasteiger partial charge in [-0.1, -0.05) is 0 Å². The maximum absolute atomic E-state index is 11.3. The zero-order chi connectivity index (χ0) is 20.4. The number of carboxylic acid groups (broad SMARTS) is 4. The Hall–Kier alpha value is -2.99. The van der Waals surface area contributed by atoms with Gasteiger partial charge in [-0.3, -0.25) is 24.5 Å². The molecule has 0 fully saturated rings. The standard InChI is InChI=1S/C15H22N4O8/c20-12(21)2-1-9(13(22)23)19-10(14(24)25)3-4-17-11(15(26)27)5-8-6-16-7-18-8/h6-7,9-11,17,19H,1-5H2,(H,16,18)(H,20,21)(H,22,23)(H,24,25)(H,26,27)/t9?,10-,11-/m0/s1. The minimum absolute atomic E-state index is 0.0136. The first-order valence-electron chi connectivity index (χ1n) is 8.07. The van der Waals surface area contributed by atoms with Crippen molar-refractivity contribution >= 4 is 23.9 Å². The molecule has 12 nitrogen and oxygen atoms in total. The molecule has 1 rings (SSSR count). The Kier molecular flexibility index (Phi) is 8.89. The number of H-pyrrole nitrogens is 1. The van der Waals surface area contributed by atoms with Crippen molar-refractivity contribution in [2.24, 2.45) is 0 Å². The van der Waals surface area contributed by atoms with E-state index < -0.39 is 48.4 Å². The third-order valence-electron chi connectivity index (χ3n) is 3.75. The van der Waals surface area contributed by atoms with Gasteiger partial charge in [-0.15, -0.1) is 0 Å². The van der Waals surface area contributed by atoms with Crippen molar-refractivity contribution in [3.8, 4) is 0 Å². The molecule has 3 atom stereocenters. The highest BCUT2D eigenvalue weighted by Crippen LogP contribution is 2.04. The number of carbonyl (C=O) groups is 4. The van der Waals surface area contributed by atoms with E-state index in [2.05, 4.69) is 20.6 Å². The van der Waals surface area contributed by atoms with E-state index in [0.717, 1.165) is 0 Å². The van der Waals surface area contributed by atoms with E-state index in [4.69, 9.17) is 10.2 Å². The van der Waals surface area contributed by atoms with Crippen molar-refractivity contribution in [3.63, 3.8) is 0 Å². The fourth-order valence-corrected chi connectivity index (χ4v) is 2.33. The molecule has 1 heterocycles. The van der Waals surface area contributed by atoms with Crippen LogP contribution in [-0.4, -0.2) is 78.9 Å². The molecule has 0 spiro atoms. The first-order chi connectivity index (χ1) is 12.7. The second-order valence-electron chi connectivity index (χ2n) is 5.80. The second kappa shape index (κ2) is 10.9. The number of nitrogens with one attached hydrogen (secondary N) is 3. The summed E-state index contributed by atoms with van der Waals surface area (Å²) in [6.45, 7) is -0.0136.